The number of rotatable bonds is 3. The Hall–Kier alpha value is -0.620. The molecular formula is C12H22Cl2N4O. The lowest BCUT2D eigenvalue weighted by molar-refractivity contribution is 0.0662. The third kappa shape index (κ3) is 5.10. The van der Waals surface area contributed by atoms with E-state index < -0.39 is 0 Å². The van der Waals surface area contributed by atoms with Gasteiger partial charge in [0.15, 0.2) is 0 Å². The summed E-state index contributed by atoms with van der Waals surface area (Å²) in [6, 6.07) is 2.20. The van der Waals surface area contributed by atoms with Gasteiger partial charge in [-0.05, 0) is 32.9 Å². The van der Waals surface area contributed by atoms with E-state index in [1.165, 1.54) is 0 Å². The van der Waals surface area contributed by atoms with Crippen molar-refractivity contribution in [1.29, 1.82) is 0 Å². The van der Waals surface area contributed by atoms with Gasteiger partial charge in [0.1, 0.15) is 0 Å². The largest absolute Gasteiger partial charge is 0.379 e. The second-order valence-electron chi connectivity index (χ2n) is 4.49. The van der Waals surface area contributed by atoms with E-state index in [9.17, 15) is 0 Å². The van der Waals surface area contributed by atoms with Crippen LogP contribution in [0.2, 0.25) is 0 Å². The Morgan fingerprint density at radius 2 is 1.89 bits per heavy atom. The summed E-state index contributed by atoms with van der Waals surface area (Å²) in [6.07, 6.45) is 1.24. The summed E-state index contributed by atoms with van der Waals surface area (Å²) in [5.74, 6) is 0.693. The molecule has 1 aliphatic rings. The SMILES string of the molecule is CO[C@@H]1CCNC[C@@H]1Nc1nc(C)cc(C)n1.Cl.Cl. The summed E-state index contributed by atoms with van der Waals surface area (Å²) in [5, 5.41) is 6.70. The second-order valence-corrected chi connectivity index (χ2v) is 4.49. The molecule has 2 rings (SSSR count). The minimum absolute atomic E-state index is 0. The molecule has 0 radical (unpaired) electrons. The summed E-state index contributed by atoms with van der Waals surface area (Å²) in [6.45, 7) is 5.85. The first kappa shape index (κ1) is 18.4. The van der Waals surface area contributed by atoms with Gasteiger partial charge in [-0.3, -0.25) is 0 Å². The minimum Gasteiger partial charge on any atom is -0.379 e. The molecule has 2 N–H and O–H groups in total. The Bertz CT molecular complexity index is 372. The van der Waals surface area contributed by atoms with E-state index in [1.807, 2.05) is 19.9 Å². The Labute approximate surface area is 126 Å². The van der Waals surface area contributed by atoms with Crippen LogP contribution in [0, 0.1) is 13.8 Å². The number of nitrogens with zero attached hydrogens (tertiary/aromatic N) is 2. The van der Waals surface area contributed by atoms with Crippen LogP contribution in [-0.4, -0.2) is 42.3 Å². The van der Waals surface area contributed by atoms with Crippen molar-refractivity contribution in [1.82, 2.24) is 15.3 Å². The third-order valence-corrected chi connectivity index (χ3v) is 3.02. The van der Waals surface area contributed by atoms with E-state index >= 15 is 0 Å². The molecule has 1 saturated heterocycles. The molecule has 1 aromatic heterocycles. The van der Waals surface area contributed by atoms with Gasteiger partial charge in [0, 0.05) is 25.0 Å². The molecule has 5 nitrogen and oxygen atoms in total. The molecule has 1 fully saturated rings. The number of aromatic nitrogens is 2. The van der Waals surface area contributed by atoms with Crippen molar-refractivity contribution in [2.45, 2.75) is 32.4 Å². The van der Waals surface area contributed by atoms with Gasteiger partial charge in [0.2, 0.25) is 5.95 Å². The lowest BCUT2D eigenvalue weighted by Gasteiger charge is -2.31. The highest BCUT2D eigenvalue weighted by molar-refractivity contribution is 5.85. The predicted octanol–water partition coefficient (Wildman–Crippen LogP) is 1.73. The molecule has 1 aliphatic heterocycles. The topological polar surface area (TPSA) is 59.1 Å². The Morgan fingerprint density at radius 3 is 2.47 bits per heavy atom. The van der Waals surface area contributed by atoms with E-state index in [4.69, 9.17) is 4.74 Å². The molecule has 0 aromatic carbocycles. The van der Waals surface area contributed by atoms with Crippen LogP contribution in [0.3, 0.4) is 0 Å². The first-order valence-corrected chi connectivity index (χ1v) is 6.01. The van der Waals surface area contributed by atoms with Crippen molar-refractivity contribution in [3.05, 3.63) is 17.5 Å². The van der Waals surface area contributed by atoms with Crippen LogP contribution in [0.15, 0.2) is 6.07 Å². The van der Waals surface area contributed by atoms with E-state index in [2.05, 4.69) is 20.6 Å². The zero-order valence-electron chi connectivity index (χ0n) is 11.5. The highest BCUT2D eigenvalue weighted by Gasteiger charge is 2.25. The van der Waals surface area contributed by atoms with Crippen LogP contribution in [-0.2, 0) is 4.74 Å². The zero-order valence-corrected chi connectivity index (χ0v) is 13.1. The molecule has 0 spiro atoms. The number of hydrogen-bond acceptors (Lipinski definition) is 5. The molecule has 0 amide bonds. The molecule has 0 saturated carbocycles. The number of anilines is 1. The summed E-state index contributed by atoms with van der Waals surface area (Å²) >= 11 is 0. The Kier molecular flexibility index (Phi) is 8.25. The molecule has 1 aromatic rings. The van der Waals surface area contributed by atoms with Gasteiger partial charge < -0.3 is 15.4 Å². The minimum atomic E-state index is 0. The molecule has 2 heterocycles. The smallest absolute Gasteiger partial charge is 0.223 e. The predicted molar refractivity (Wildman–Crippen MR) is 81.7 cm³/mol. The molecule has 110 valence electrons. The number of nitrogens with one attached hydrogen (secondary N) is 2. The fourth-order valence-corrected chi connectivity index (χ4v) is 2.22. The number of piperidine rings is 1. The molecule has 7 heteroatoms. The molecule has 0 aliphatic carbocycles. The second kappa shape index (κ2) is 8.53. The highest BCUT2D eigenvalue weighted by atomic mass is 35.5. The van der Waals surface area contributed by atoms with Gasteiger partial charge >= 0.3 is 0 Å². The quantitative estimate of drug-likeness (QED) is 0.890. The third-order valence-electron chi connectivity index (χ3n) is 3.02. The van der Waals surface area contributed by atoms with Crippen LogP contribution in [0.25, 0.3) is 0 Å². The van der Waals surface area contributed by atoms with Crippen molar-refractivity contribution in [2.24, 2.45) is 0 Å². The number of aryl methyl sites for hydroxylation is 2. The molecule has 0 bridgehead atoms. The molecule has 19 heavy (non-hydrogen) atoms. The lowest BCUT2D eigenvalue weighted by Crippen LogP contribution is -2.49. The number of ether oxygens (including phenoxy) is 1. The standard InChI is InChI=1S/C12H20N4O.2ClH/c1-8-6-9(2)15-12(14-8)16-10-7-13-5-4-11(10)17-3;;/h6,10-11,13H,4-5,7H2,1-3H3,(H,14,15,16);2*1H/t10-,11+;;/m0../s1. The maximum Gasteiger partial charge on any atom is 0.223 e. The summed E-state index contributed by atoms with van der Waals surface area (Å²) in [5.41, 5.74) is 1.97. The van der Waals surface area contributed by atoms with Crippen molar-refractivity contribution in [3.8, 4) is 0 Å². The van der Waals surface area contributed by atoms with Gasteiger partial charge in [0.25, 0.3) is 0 Å². The van der Waals surface area contributed by atoms with E-state index in [0.29, 0.717) is 5.95 Å². The first-order valence-electron chi connectivity index (χ1n) is 6.01. The summed E-state index contributed by atoms with van der Waals surface area (Å²) < 4.78 is 5.48. The van der Waals surface area contributed by atoms with Crippen molar-refractivity contribution >= 4 is 30.8 Å². The summed E-state index contributed by atoms with van der Waals surface area (Å²) in [4.78, 5) is 8.78. The molecule has 2 atom stereocenters. The summed E-state index contributed by atoms with van der Waals surface area (Å²) in [7, 11) is 1.76. The van der Waals surface area contributed by atoms with Crippen LogP contribution in [0.1, 0.15) is 17.8 Å². The van der Waals surface area contributed by atoms with Gasteiger partial charge in [-0.2, -0.15) is 0 Å². The first-order chi connectivity index (χ1) is 8.19. The monoisotopic (exact) mass is 308 g/mol. The van der Waals surface area contributed by atoms with Crippen LogP contribution in [0.4, 0.5) is 5.95 Å². The maximum absolute atomic E-state index is 5.48. The van der Waals surface area contributed by atoms with Gasteiger partial charge in [0.05, 0.1) is 12.1 Å². The zero-order chi connectivity index (χ0) is 12.3. The van der Waals surface area contributed by atoms with Crippen molar-refractivity contribution in [2.75, 3.05) is 25.5 Å². The van der Waals surface area contributed by atoms with Gasteiger partial charge in [-0.15, -0.1) is 24.8 Å². The van der Waals surface area contributed by atoms with E-state index in [0.717, 1.165) is 30.9 Å². The van der Waals surface area contributed by atoms with Crippen molar-refractivity contribution in [3.63, 3.8) is 0 Å². The highest BCUT2D eigenvalue weighted by Crippen LogP contribution is 2.12. The molecule has 0 unspecified atom stereocenters. The van der Waals surface area contributed by atoms with Crippen LogP contribution >= 0.6 is 24.8 Å². The fourth-order valence-electron chi connectivity index (χ4n) is 2.22. The lowest BCUT2D eigenvalue weighted by atomic mass is 10.0. The van der Waals surface area contributed by atoms with E-state index in [1.54, 1.807) is 7.11 Å². The number of hydrogen-bond donors (Lipinski definition) is 2. The number of methoxy groups -OCH3 is 1. The van der Waals surface area contributed by atoms with Crippen LogP contribution < -0.4 is 10.6 Å². The normalized spacial score (nSPS) is 22.1. The fraction of sp³-hybridized carbons (Fsp3) is 0.667. The van der Waals surface area contributed by atoms with Gasteiger partial charge in [-0.1, -0.05) is 0 Å². The van der Waals surface area contributed by atoms with E-state index in [-0.39, 0.29) is 37.0 Å². The number of halogens is 2. The Balaban J connectivity index is 0.00000162. The van der Waals surface area contributed by atoms with Crippen LogP contribution in [0.5, 0.6) is 0 Å². The Morgan fingerprint density at radius 1 is 1.26 bits per heavy atom. The average Bonchev–Trinajstić information content (AvgIpc) is 2.28. The van der Waals surface area contributed by atoms with Crippen molar-refractivity contribution < 1.29 is 4.74 Å². The maximum atomic E-state index is 5.48. The average molecular weight is 309 g/mol. The molecular weight excluding hydrogens is 287 g/mol. The van der Waals surface area contributed by atoms with Gasteiger partial charge in [-0.25, -0.2) is 9.97 Å².